The van der Waals surface area contributed by atoms with Gasteiger partial charge in [0.05, 0.1) is 0 Å². The second-order valence-corrected chi connectivity index (χ2v) is 7.53. The molecule has 0 saturated carbocycles. The van der Waals surface area contributed by atoms with E-state index in [1.54, 1.807) is 0 Å². The zero-order valence-electron chi connectivity index (χ0n) is 12.5. The van der Waals surface area contributed by atoms with Gasteiger partial charge in [-0.05, 0) is 23.6 Å². The molecule has 4 heteroatoms. The molecule has 0 spiro atoms. The molecule has 0 aromatic heterocycles. The van der Waals surface area contributed by atoms with Gasteiger partial charge < -0.3 is 10.6 Å². The smallest absolute Gasteiger partial charge is 0.0471 e. The van der Waals surface area contributed by atoms with Crippen LogP contribution in [0.5, 0.6) is 0 Å². The molecule has 1 aromatic carbocycles. The van der Waals surface area contributed by atoms with Gasteiger partial charge in [-0.2, -0.15) is 11.8 Å². The summed E-state index contributed by atoms with van der Waals surface area (Å²) in [5, 5.41) is 0.721. The Balaban J connectivity index is 1.82. The van der Waals surface area contributed by atoms with Crippen LogP contribution >= 0.6 is 11.8 Å². The fourth-order valence-electron chi connectivity index (χ4n) is 3.42. The van der Waals surface area contributed by atoms with Crippen LogP contribution in [0.1, 0.15) is 24.1 Å². The molecule has 0 radical (unpaired) electrons. The average molecular weight is 291 g/mol. The van der Waals surface area contributed by atoms with E-state index in [-0.39, 0.29) is 0 Å². The lowest BCUT2D eigenvalue weighted by molar-refractivity contribution is 0.211. The van der Waals surface area contributed by atoms with Gasteiger partial charge in [-0.3, -0.25) is 4.90 Å². The molecule has 1 aromatic rings. The van der Waals surface area contributed by atoms with E-state index >= 15 is 0 Å². The standard InChI is InChI=1S/C16H25N3S/c1-12-11-19(7-8-20-12)16(10-17)13-3-4-15-14(9-13)5-6-18(15)2/h3-4,9,12,16H,5-8,10-11,17H2,1-2H3. The molecule has 3 nitrogen and oxygen atoms in total. The minimum atomic E-state index is 0.384. The highest BCUT2D eigenvalue weighted by atomic mass is 32.2. The molecule has 110 valence electrons. The summed E-state index contributed by atoms with van der Waals surface area (Å²) in [4.78, 5) is 4.91. The molecule has 2 aliphatic heterocycles. The van der Waals surface area contributed by atoms with Crippen molar-refractivity contribution in [1.82, 2.24) is 4.90 Å². The number of anilines is 1. The Hall–Kier alpha value is -0.710. The van der Waals surface area contributed by atoms with E-state index in [4.69, 9.17) is 5.73 Å². The molecule has 0 amide bonds. The van der Waals surface area contributed by atoms with E-state index in [0.29, 0.717) is 12.6 Å². The molecule has 2 heterocycles. The summed E-state index contributed by atoms with van der Waals surface area (Å²) in [6, 6.07) is 7.34. The molecule has 2 atom stereocenters. The van der Waals surface area contributed by atoms with E-state index in [2.05, 4.69) is 53.7 Å². The largest absolute Gasteiger partial charge is 0.374 e. The number of hydrogen-bond donors (Lipinski definition) is 1. The number of thioether (sulfide) groups is 1. The third-order valence-corrected chi connectivity index (χ3v) is 5.69. The Labute approximate surface area is 126 Å². The molecule has 0 bridgehead atoms. The van der Waals surface area contributed by atoms with Gasteiger partial charge in [0.25, 0.3) is 0 Å². The summed E-state index contributed by atoms with van der Waals surface area (Å²) in [7, 11) is 2.18. The lowest BCUT2D eigenvalue weighted by Crippen LogP contribution is -2.42. The fourth-order valence-corrected chi connectivity index (χ4v) is 4.46. The minimum absolute atomic E-state index is 0.384. The van der Waals surface area contributed by atoms with Crippen molar-refractivity contribution in [1.29, 1.82) is 0 Å². The van der Waals surface area contributed by atoms with Crippen molar-refractivity contribution in [2.45, 2.75) is 24.6 Å². The van der Waals surface area contributed by atoms with Crippen molar-refractivity contribution in [3.63, 3.8) is 0 Å². The van der Waals surface area contributed by atoms with Crippen LogP contribution in [0.2, 0.25) is 0 Å². The van der Waals surface area contributed by atoms with Crippen LogP contribution in [0.25, 0.3) is 0 Å². The van der Waals surface area contributed by atoms with E-state index in [1.165, 1.54) is 29.0 Å². The van der Waals surface area contributed by atoms with Gasteiger partial charge in [-0.25, -0.2) is 0 Å². The Bertz CT molecular complexity index is 477. The molecule has 2 unspecified atom stereocenters. The number of nitrogens with two attached hydrogens (primary N) is 1. The summed E-state index contributed by atoms with van der Waals surface area (Å²) in [5.74, 6) is 1.23. The van der Waals surface area contributed by atoms with E-state index in [0.717, 1.165) is 24.9 Å². The summed E-state index contributed by atoms with van der Waals surface area (Å²) < 4.78 is 0. The Morgan fingerprint density at radius 1 is 1.40 bits per heavy atom. The normalized spacial score (nSPS) is 24.8. The highest BCUT2D eigenvalue weighted by Crippen LogP contribution is 2.32. The summed E-state index contributed by atoms with van der Waals surface area (Å²) in [5.41, 5.74) is 10.4. The van der Waals surface area contributed by atoms with E-state index in [1.807, 2.05) is 0 Å². The van der Waals surface area contributed by atoms with Gasteiger partial charge in [0.2, 0.25) is 0 Å². The number of nitrogens with zero attached hydrogens (tertiary/aromatic N) is 2. The first-order chi connectivity index (χ1) is 9.69. The van der Waals surface area contributed by atoms with Crippen LogP contribution in [0.4, 0.5) is 5.69 Å². The van der Waals surface area contributed by atoms with E-state index < -0.39 is 0 Å². The zero-order chi connectivity index (χ0) is 14.1. The first-order valence-corrected chi connectivity index (χ1v) is 8.63. The fraction of sp³-hybridized carbons (Fsp3) is 0.625. The highest BCUT2D eigenvalue weighted by Gasteiger charge is 2.26. The van der Waals surface area contributed by atoms with Gasteiger partial charge in [0.15, 0.2) is 0 Å². The lowest BCUT2D eigenvalue weighted by Gasteiger charge is -2.37. The van der Waals surface area contributed by atoms with Gasteiger partial charge in [0.1, 0.15) is 0 Å². The summed E-state index contributed by atoms with van der Waals surface area (Å²) in [6.45, 7) is 6.49. The second kappa shape index (κ2) is 5.96. The SMILES string of the molecule is CC1CN(C(CN)c2ccc3c(c2)CCN3C)CCS1. The minimum Gasteiger partial charge on any atom is -0.374 e. The molecular weight excluding hydrogens is 266 g/mol. The predicted octanol–water partition coefficient (Wildman–Crippen LogP) is 2.12. The number of likely N-dealkylation sites (N-methyl/N-ethyl adjacent to an activating group) is 1. The maximum absolute atomic E-state index is 6.09. The number of rotatable bonds is 3. The maximum Gasteiger partial charge on any atom is 0.0471 e. The molecule has 2 N–H and O–H groups in total. The van der Waals surface area contributed by atoms with Crippen molar-refractivity contribution < 1.29 is 0 Å². The molecule has 3 rings (SSSR count). The van der Waals surface area contributed by atoms with Gasteiger partial charge in [-0.15, -0.1) is 0 Å². The third-order valence-electron chi connectivity index (χ3n) is 4.55. The molecule has 2 aliphatic rings. The topological polar surface area (TPSA) is 32.5 Å². The zero-order valence-corrected chi connectivity index (χ0v) is 13.3. The van der Waals surface area contributed by atoms with Gasteiger partial charge in [0, 0.05) is 56.0 Å². The summed E-state index contributed by atoms with van der Waals surface area (Å²) in [6.07, 6.45) is 1.17. The van der Waals surface area contributed by atoms with Crippen LogP contribution < -0.4 is 10.6 Å². The summed E-state index contributed by atoms with van der Waals surface area (Å²) >= 11 is 2.08. The maximum atomic E-state index is 6.09. The van der Waals surface area contributed by atoms with Crippen molar-refractivity contribution in [3.05, 3.63) is 29.3 Å². The predicted molar refractivity (Wildman–Crippen MR) is 88.7 cm³/mol. The van der Waals surface area contributed by atoms with Crippen LogP contribution in [0.3, 0.4) is 0 Å². The van der Waals surface area contributed by atoms with Gasteiger partial charge >= 0.3 is 0 Å². The average Bonchev–Trinajstić information content (AvgIpc) is 2.81. The molecule has 20 heavy (non-hydrogen) atoms. The quantitative estimate of drug-likeness (QED) is 0.924. The Kier molecular flexibility index (Phi) is 4.24. The van der Waals surface area contributed by atoms with Crippen molar-refractivity contribution in [2.24, 2.45) is 5.73 Å². The molecule has 0 aliphatic carbocycles. The second-order valence-electron chi connectivity index (χ2n) is 5.99. The van der Waals surface area contributed by atoms with Crippen molar-refractivity contribution in [3.8, 4) is 0 Å². The van der Waals surface area contributed by atoms with Crippen LogP contribution in [0.15, 0.2) is 18.2 Å². The third kappa shape index (κ3) is 2.69. The molecule has 1 saturated heterocycles. The monoisotopic (exact) mass is 291 g/mol. The Morgan fingerprint density at radius 3 is 3.00 bits per heavy atom. The first kappa shape index (κ1) is 14.2. The lowest BCUT2D eigenvalue weighted by atomic mass is 10.0. The highest BCUT2D eigenvalue weighted by molar-refractivity contribution is 7.99. The number of fused-ring (bicyclic) bond motifs is 1. The van der Waals surface area contributed by atoms with Gasteiger partial charge in [-0.1, -0.05) is 19.1 Å². The van der Waals surface area contributed by atoms with Crippen molar-refractivity contribution in [2.75, 3.05) is 43.9 Å². The van der Waals surface area contributed by atoms with Crippen LogP contribution in [-0.4, -0.2) is 49.1 Å². The molecule has 1 fully saturated rings. The van der Waals surface area contributed by atoms with Crippen LogP contribution in [0, 0.1) is 0 Å². The molecular formula is C16H25N3S. The number of hydrogen-bond acceptors (Lipinski definition) is 4. The first-order valence-electron chi connectivity index (χ1n) is 7.58. The number of benzene rings is 1. The van der Waals surface area contributed by atoms with Crippen molar-refractivity contribution >= 4 is 17.4 Å². The van der Waals surface area contributed by atoms with Crippen LogP contribution in [-0.2, 0) is 6.42 Å². The van der Waals surface area contributed by atoms with E-state index in [9.17, 15) is 0 Å². The Morgan fingerprint density at radius 2 is 2.25 bits per heavy atom.